The molecule has 0 unspecified atom stereocenters. The van der Waals surface area contributed by atoms with Crippen LogP contribution in [0.2, 0.25) is 0 Å². The normalized spacial score (nSPS) is 10.8. The van der Waals surface area contributed by atoms with Gasteiger partial charge >= 0.3 is 0 Å². The van der Waals surface area contributed by atoms with E-state index < -0.39 is 0 Å². The Hall–Kier alpha value is -2.54. The molecule has 0 aliphatic rings. The van der Waals surface area contributed by atoms with E-state index in [1.165, 1.54) is 17.4 Å². The van der Waals surface area contributed by atoms with Crippen molar-refractivity contribution in [3.63, 3.8) is 0 Å². The minimum atomic E-state index is -0.236. The third kappa shape index (κ3) is 3.93. The smallest absolute Gasteiger partial charge is 0.260 e. The largest absolute Gasteiger partial charge is 0.298 e. The zero-order chi connectivity index (χ0) is 17.8. The van der Waals surface area contributed by atoms with Gasteiger partial charge in [0.05, 0.1) is 11.8 Å². The number of nitrogens with one attached hydrogen (secondary N) is 1. The van der Waals surface area contributed by atoms with Crippen LogP contribution in [0.3, 0.4) is 0 Å². The van der Waals surface area contributed by atoms with E-state index in [1.807, 2.05) is 11.6 Å². The van der Waals surface area contributed by atoms with E-state index in [4.69, 9.17) is 0 Å². The molecule has 3 aromatic rings. The minimum absolute atomic E-state index is 0.230. The fourth-order valence-corrected chi connectivity index (χ4v) is 3.38. The van der Waals surface area contributed by atoms with Crippen molar-refractivity contribution < 1.29 is 9.18 Å². The Morgan fingerprint density at radius 1 is 1.32 bits per heavy atom. The number of anilines is 1. The molecule has 0 atom stereocenters. The Bertz CT molecular complexity index is 887. The molecule has 0 aliphatic carbocycles. The fraction of sp³-hybridized carbons (Fsp3) is 0.278. The zero-order valence-electron chi connectivity index (χ0n) is 14.1. The van der Waals surface area contributed by atoms with Gasteiger partial charge in [-0.1, -0.05) is 25.1 Å². The highest BCUT2D eigenvalue weighted by Crippen LogP contribution is 2.23. The SMILES string of the molecule is CCCn1ncc(C(=O)Nc2ncc(Cc3ccccc3F)s2)c1C. The van der Waals surface area contributed by atoms with Gasteiger partial charge in [-0.25, -0.2) is 9.37 Å². The molecule has 1 amide bonds. The van der Waals surface area contributed by atoms with Crippen LogP contribution in [0.1, 0.15) is 39.8 Å². The number of nitrogens with zero attached hydrogens (tertiary/aromatic N) is 3. The van der Waals surface area contributed by atoms with Gasteiger partial charge in [0.15, 0.2) is 5.13 Å². The number of thiazole rings is 1. The maximum atomic E-state index is 13.7. The fourth-order valence-electron chi connectivity index (χ4n) is 2.55. The first-order chi connectivity index (χ1) is 12.1. The maximum absolute atomic E-state index is 13.7. The van der Waals surface area contributed by atoms with Gasteiger partial charge in [0.25, 0.3) is 5.91 Å². The minimum Gasteiger partial charge on any atom is -0.298 e. The first-order valence-corrected chi connectivity index (χ1v) is 8.92. The van der Waals surface area contributed by atoms with Crippen LogP contribution in [0.5, 0.6) is 0 Å². The van der Waals surface area contributed by atoms with Gasteiger partial charge in [-0.3, -0.25) is 14.8 Å². The van der Waals surface area contributed by atoms with E-state index in [2.05, 4.69) is 22.3 Å². The molecular weight excluding hydrogens is 339 g/mol. The average Bonchev–Trinajstić information content (AvgIpc) is 3.17. The molecule has 0 fully saturated rings. The summed E-state index contributed by atoms with van der Waals surface area (Å²) in [6.07, 6.45) is 4.65. The molecule has 25 heavy (non-hydrogen) atoms. The molecule has 0 spiro atoms. The van der Waals surface area contributed by atoms with Gasteiger partial charge in [-0.15, -0.1) is 11.3 Å². The number of aryl methyl sites for hydroxylation is 1. The highest BCUT2D eigenvalue weighted by Gasteiger charge is 2.16. The first kappa shape index (κ1) is 17.3. The van der Waals surface area contributed by atoms with Crippen molar-refractivity contribution in [2.24, 2.45) is 0 Å². The van der Waals surface area contributed by atoms with E-state index >= 15 is 0 Å². The molecule has 130 valence electrons. The Kier molecular flexibility index (Phi) is 5.23. The molecule has 5 nitrogen and oxygen atoms in total. The number of carbonyl (C=O) groups excluding carboxylic acids is 1. The van der Waals surface area contributed by atoms with Gasteiger partial charge in [0.1, 0.15) is 5.82 Å². The third-order valence-corrected chi connectivity index (χ3v) is 4.79. The lowest BCUT2D eigenvalue weighted by Crippen LogP contribution is -2.13. The highest BCUT2D eigenvalue weighted by molar-refractivity contribution is 7.15. The Balaban J connectivity index is 1.69. The molecule has 7 heteroatoms. The van der Waals surface area contributed by atoms with Crippen LogP contribution < -0.4 is 5.32 Å². The summed E-state index contributed by atoms with van der Waals surface area (Å²) in [6, 6.07) is 6.66. The quantitative estimate of drug-likeness (QED) is 0.723. The first-order valence-electron chi connectivity index (χ1n) is 8.10. The van der Waals surface area contributed by atoms with Gasteiger partial charge in [-0.05, 0) is 25.0 Å². The Morgan fingerprint density at radius 3 is 2.88 bits per heavy atom. The molecule has 0 saturated heterocycles. The Morgan fingerprint density at radius 2 is 2.12 bits per heavy atom. The summed E-state index contributed by atoms with van der Waals surface area (Å²) >= 11 is 1.35. The molecular formula is C18H19FN4OS. The predicted molar refractivity (Wildman–Crippen MR) is 96.5 cm³/mol. The van der Waals surface area contributed by atoms with Gasteiger partial charge < -0.3 is 0 Å². The van der Waals surface area contributed by atoms with Gasteiger partial charge in [0, 0.05) is 29.7 Å². The number of benzene rings is 1. The average molecular weight is 358 g/mol. The second kappa shape index (κ2) is 7.57. The number of carbonyl (C=O) groups is 1. The zero-order valence-corrected chi connectivity index (χ0v) is 14.9. The van der Waals surface area contributed by atoms with Crippen molar-refractivity contribution in [3.8, 4) is 0 Å². The Labute approximate surface area is 149 Å². The number of aromatic nitrogens is 3. The predicted octanol–water partition coefficient (Wildman–Crippen LogP) is 4.04. The van der Waals surface area contributed by atoms with Crippen LogP contribution in [-0.4, -0.2) is 20.7 Å². The van der Waals surface area contributed by atoms with Gasteiger partial charge in [-0.2, -0.15) is 5.10 Å². The van der Waals surface area contributed by atoms with Crippen LogP contribution in [0, 0.1) is 12.7 Å². The molecule has 0 aliphatic heterocycles. The molecule has 2 aromatic heterocycles. The van der Waals surface area contributed by atoms with E-state index in [0.717, 1.165) is 23.5 Å². The molecule has 1 aromatic carbocycles. The summed E-state index contributed by atoms with van der Waals surface area (Å²) in [4.78, 5) is 17.5. The molecule has 0 radical (unpaired) electrons. The van der Waals surface area contributed by atoms with E-state index in [1.54, 1.807) is 30.6 Å². The molecule has 0 bridgehead atoms. The summed E-state index contributed by atoms with van der Waals surface area (Å²) < 4.78 is 15.5. The van der Waals surface area contributed by atoms with Crippen molar-refractivity contribution in [1.29, 1.82) is 0 Å². The number of hydrogen-bond acceptors (Lipinski definition) is 4. The van der Waals surface area contributed by atoms with Crippen LogP contribution in [0.4, 0.5) is 9.52 Å². The number of halogens is 1. The monoisotopic (exact) mass is 358 g/mol. The lowest BCUT2D eigenvalue weighted by molar-refractivity contribution is 0.102. The lowest BCUT2D eigenvalue weighted by Gasteiger charge is -2.03. The third-order valence-electron chi connectivity index (χ3n) is 3.88. The second-order valence-corrected chi connectivity index (χ2v) is 6.84. The maximum Gasteiger partial charge on any atom is 0.260 e. The number of rotatable bonds is 6. The van der Waals surface area contributed by atoms with Crippen molar-refractivity contribution in [1.82, 2.24) is 14.8 Å². The molecule has 1 N–H and O–H groups in total. The molecule has 2 heterocycles. The molecule has 3 rings (SSSR count). The summed E-state index contributed by atoms with van der Waals surface area (Å²) in [5.74, 6) is -0.466. The van der Waals surface area contributed by atoms with Crippen LogP contribution in [0.15, 0.2) is 36.7 Å². The van der Waals surface area contributed by atoms with Crippen LogP contribution in [0.25, 0.3) is 0 Å². The van der Waals surface area contributed by atoms with Crippen molar-refractivity contribution in [3.05, 3.63) is 64.2 Å². The number of hydrogen-bond donors (Lipinski definition) is 1. The summed E-state index contributed by atoms with van der Waals surface area (Å²) in [5, 5.41) is 7.53. The van der Waals surface area contributed by atoms with E-state index in [9.17, 15) is 9.18 Å². The van der Waals surface area contributed by atoms with Crippen LogP contribution in [-0.2, 0) is 13.0 Å². The second-order valence-electron chi connectivity index (χ2n) is 5.72. The summed E-state index contributed by atoms with van der Waals surface area (Å²) in [6.45, 7) is 4.72. The topological polar surface area (TPSA) is 59.8 Å². The molecule has 0 saturated carbocycles. The van der Waals surface area contributed by atoms with Crippen molar-refractivity contribution >= 4 is 22.4 Å². The lowest BCUT2D eigenvalue weighted by atomic mass is 10.1. The van der Waals surface area contributed by atoms with Gasteiger partial charge in [0.2, 0.25) is 0 Å². The standard InChI is InChI=1S/C18H19FN4OS/c1-3-8-23-12(2)15(11-21-23)17(24)22-18-20-10-14(25-18)9-13-6-4-5-7-16(13)19/h4-7,10-11H,3,8-9H2,1-2H3,(H,20,22,24). The summed E-state index contributed by atoms with van der Waals surface area (Å²) in [7, 11) is 0. The van der Waals surface area contributed by atoms with E-state index in [-0.39, 0.29) is 11.7 Å². The highest BCUT2D eigenvalue weighted by atomic mass is 32.1. The van der Waals surface area contributed by atoms with Crippen molar-refractivity contribution in [2.75, 3.05) is 5.32 Å². The van der Waals surface area contributed by atoms with Crippen LogP contribution >= 0.6 is 11.3 Å². The summed E-state index contributed by atoms with van der Waals surface area (Å²) in [5.41, 5.74) is 1.99. The number of amides is 1. The van der Waals surface area contributed by atoms with E-state index in [0.29, 0.717) is 22.7 Å². The van der Waals surface area contributed by atoms with Crippen molar-refractivity contribution in [2.45, 2.75) is 33.2 Å².